The van der Waals surface area contributed by atoms with Gasteiger partial charge in [-0.1, -0.05) is 46.3 Å². The summed E-state index contributed by atoms with van der Waals surface area (Å²) >= 11 is 3.77. The van der Waals surface area contributed by atoms with Crippen molar-refractivity contribution in [2.45, 2.75) is 25.6 Å². The maximum absolute atomic E-state index is 9.87. The van der Waals surface area contributed by atoms with Crippen LogP contribution in [0.15, 0.2) is 42.6 Å². The van der Waals surface area contributed by atoms with Gasteiger partial charge in [-0.15, -0.1) is 0 Å². The zero-order chi connectivity index (χ0) is 17.4. The predicted octanol–water partition coefficient (Wildman–Crippen LogP) is 4.24. The highest BCUT2D eigenvalue weighted by Crippen LogP contribution is 2.45. The molecule has 1 fully saturated rings. The van der Waals surface area contributed by atoms with E-state index in [0.717, 1.165) is 30.4 Å². The van der Waals surface area contributed by atoms with E-state index in [1.807, 2.05) is 19.1 Å². The molecule has 3 nitrogen and oxygen atoms in total. The van der Waals surface area contributed by atoms with Crippen LogP contribution in [0.3, 0.4) is 0 Å². The third-order valence-corrected chi connectivity index (χ3v) is 6.23. The second-order valence-electron chi connectivity index (χ2n) is 7.04. The number of piperidine rings is 1. The molecule has 0 saturated carbocycles. The number of nitrogens with zero attached hydrogens (tertiary/aromatic N) is 2. The van der Waals surface area contributed by atoms with E-state index in [4.69, 9.17) is 4.98 Å². The Kier molecular flexibility index (Phi) is 4.81. The number of hydrogen-bond donors (Lipinski definition) is 1. The van der Waals surface area contributed by atoms with Crippen molar-refractivity contribution in [1.29, 1.82) is 0 Å². The molecule has 0 amide bonds. The van der Waals surface area contributed by atoms with Crippen LogP contribution in [0.2, 0.25) is 6.82 Å². The molecule has 1 N–H and O–H groups in total. The van der Waals surface area contributed by atoms with E-state index in [1.165, 1.54) is 22.4 Å². The Hall–Kier alpha value is -1.43. The quantitative estimate of drug-likeness (QED) is 0.771. The number of aromatic nitrogens is 1. The van der Waals surface area contributed by atoms with E-state index in [0.29, 0.717) is 11.8 Å². The Bertz CT molecular complexity index is 800. The lowest BCUT2D eigenvalue weighted by atomic mass is 9.73. The molecule has 0 bridgehead atoms. The Morgan fingerprint density at radius 1 is 1.16 bits per heavy atom. The minimum absolute atomic E-state index is 0.301. The number of benzene rings is 1. The minimum atomic E-state index is -0.358. The zero-order valence-corrected chi connectivity index (χ0v) is 16.0. The van der Waals surface area contributed by atoms with Crippen LogP contribution in [0.5, 0.6) is 0 Å². The Morgan fingerprint density at radius 2 is 1.92 bits per heavy atom. The molecule has 2 aromatic rings. The first-order valence-corrected chi connectivity index (χ1v) is 9.78. The molecular formula is C20H22BBrN2O. The first kappa shape index (κ1) is 17.0. The molecule has 128 valence electrons. The molecule has 1 aliphatic heterocycles. The van der Waals surface area contributed by atoms with Crippen LogP contribution in [-0.2, 0) is 0 Å². The first-order valence-electron chi connectivity index (χ1n) is 8.98. The van der Waals surface area contributed by atoms with Crippen molar-refractivity contribution < 1.29 is 5.02 Å². The monoisotopic (exact) mass is 396 g/mol. The average molecular weight is 397 g/mol. The summed E-state index contributed by atoms with van der Waals surface area (Å²) in [7, 11) is -0.358. The van der Waals surface area contributed by atoms with Gasteiger partial charge in [0.1, 0.15) is 0 Å². The van der Waals surface area contributed by atoms with Crippen LogP contribution in [0.25, 0.3) is 10.6 Å². The van der Waals surface area contributed by atoms with Gasteiger partial charge in [-0.05, 0) is 61.9 Å². The molecule has 1 aromatic heterocycles. The molecule has 1 atom stereocenters. The summed E-state index contributed by atoms with van der Waals surface area (Å²) in [6.07, 6.45) is 6.29. The fraction of sp³-hybridized carbons (Fsp3) is 0.350. The Morgan fingerprint density at radius 3 is 2.68 bits per heavy atom. The van der Waals surface area contributed by atoms with Crippen LogP contribution in [-0.4, -0.2) is 35.0 Å². The van der Waals surface area contributed by atoms with Gasteiger partial charge in [-0.3, -0.25) is 4.98 Å². The van der Waals surface area contributed by atoms with Crippen LogP contribution < -0.4 is 0 Å². The van der Waals surface area contributed by atoms with E-state index in [9.17, 15) is 5.02 Å². The topological polar surface area (TPSA) is 36.4 Å². The molecule has 0 spiro atoms. The predicted molar refractivity (Wildman–Crippen MR) is 107 cm³/mol. The molecule has 2 heterocycles. The lowest BCUT2D eigenvalue weighted by molar-refractivity contribution is 0.235. The lowest BCUT2D eigenvalue weighted by Gasteiger charge is -2.37. The van der Waals surface area contributed by atoms with E-state index >= 15 is 0 Å². The van der Waals surface area contributed by atoms with Crippen molar-refractivity contribution in [2.75, 3.05) is 13.1 Å². The standard InChI is InChI=1S/C20H22BBrN2O/c1-21(25)24-11-8-14(9-12-24)19-16-6-3-2-5-15(16)13-18(22)17-7-4-10-23-20(17)19/h2-7,10,13-14,19,25H,8-9,11-12H2,1H3. The maximum Gasteiger partial charge on any atom is 0.376 e. The molecule has 2 aliphatic rings. The third kappa shape index (κ3) is 3.21. The summed E-state index contributed by atoms with van der Waals surface area (Å²) in [5.41, 5.74) is 5.01. The highest BCUT2D eigenvalue weighted by Gasteiger charge is 2.34. The van der Waals surface area contributed by atoms with E-state index in [2.05, 4.69) is 57.1 Å². The van der Waals surface area contributed by atoms with Crippen molar-refractivity contribution in [3.05, 3.63) is 65.0 Å². The Labute approximate surface area is 158 Å². The van der Waals surface area contributed by atoms with Gasteiger partial charge < -0.3 is 9.83 Å². The van der Waals surface area contributed by atoms with Gasteiger partial charge in [0.2, 0.25) is 0 Å². The summed E-state index contributed by atoms with van der Waals surface area (Å²) in [6, 6.07) is 12.9. The number of halogens is 1. The van der Waals surface area contributed by atoms with Crippen molar-refractivity contribution in [1.82, 2.24) is 9.79 Å². The lowest BCUT2D eigenvalue weighted by Crippen LogP contribution is -2.44. The van der Waals surface area contributed by atoms with Gasteiger partial charge in [0.25, 0.3) is 0 Å². The summed E-state index contributed by atoms with van der Waals surface area (Å²) < 4.78 is 1.10. The van der Waals surface area contributed by atoms with Gasteiger partial charge in [0.05, 0.1) is 5.69 Å². The molecule has 5 heteroatoms. The van der Waals surface area contributed by atoms with Crippen LogP contribution >= 0.6 is 15.9 Å². The van der Waals surface area contributed by atoms with Crippen molar-refractivity contribution in [3.63, 3.8) is 0 Å². The molecule has 1 aliphatic carbocycles. The van der Waals surface area contributed by atoms with Gasteiger partial charge in [-0.2, -0.15) is 0 Å². The molecule has 1 aromatic carbocycles. The summed E-state index contributed by atoms with van der Waals surface area (Å²) in [5, 5.41) is 9.87. The van der Waals surface area contributed by atoms with Gasteiger partial charge in [0, 0.05) is 22.2 Å². The van der Waals surface area contributed by atoms with Crippen molar-refractivity contribution in [2.24, 2.45) is 5.92 Å². The van der Waals surface area contributed by atoms with E-state index in [1.54, 1.807) is 0 Å². The SMILES string of the molecule is CB(O)N1CCC(C2c3ccccc3C=C(Br)c3cccnc32)CC1. The second kappa shape index (κ2) is 7.06. The number of rotatable bonds is 2. The van der Waals surface area contributed by atoms with Gasteiger partial charge >= 0.3 is 7.05 Å². The molecule has 4 rings (SSSR count). The van der Waals surface area contributed by atoms with Gasteiger partial charge in [0.15, 0.2) is 0 Å². The smallest absolute Gasteiger partial charge is 0.376 e. The highest BCUT2D eigenvalue weighted by atomic mass is 79.9. The molecule has 25 heavy (non-hydrogen) atoms. The first-order chi connectivity index (χ1) is 12.1. The van der Waals surface area contributed by atoms with E-state index < -0.39 is 0 Å². The highest BCUT2D eigenvalue weighted by molar-refractivity contribution is 9.15. The van der Waals surface area contributed by atoms with Crippen molar-refractivity contribution in [3.8, 4) is 0 Å². The van der Waals surface area contributed by atoms with Crippen LogP contribution in [0.1, 0.15) is 41.1 Å². The number of pyridine rings is 1. The summed E-state index contributed by atoms with van der Waals surface area (Å²) in [6.45, 7) is 3.74. The van der Waals surface area contributed by atoms with Crippen LogP contribution in [0, 0.1) is 5.92 Å². The number of fused-ring (bicyclic) bond motifs is 2. The molecule has 1 unspecified atom stereocenters. The number of hydrogen-bond acceptors (Lipinski definition) is 3. The molecule has 0 radical (unpaired) electrons. The van der Waals surface area contributed by atoms with Crippen LogP contribution in [0.4, 0.5) is 0 Å². The fourth-order valence-corrected chi connectivity index (χ4v) is 4.84. The van der Waals surface area contributed by atoms with Gasteiger partial charge in [-0.25, -0.2) is 0 Å². The third-order valence-electron chi connectivity index (χ3n) is 5.58. The Balaban J connectivity index is 1.77. The second-order valence-corrected chi connectivity index (χ2v) is 7.89. The summed E-state index contributed by atoms with van der Waals surface area (Å²) in [5.74, 6) is 0.839. The summed E-state index contributed by atoms with van der Waals surface area (Å²) in [4.78, 5) is 6.96. The average Bonchev–Trinajstić information content (AvgIpc) is 2.76. The molecular weight excluding hydrogens is 375 g/mol. The zero-order valence-electron chi connectivity index (χ0n) is 14.4. The van der Waals surface area contributed by atoms with Crippen molar-refractivity contribution >= 4 is 33.5 Å². The normalized spacial score (nSPS) is 21.1. The minimum Gasteiger partial charge on any atom is -0.437 e. The largest absolute Gasteiger partial charge is 0.437 e. The maximum atomic E-state index is 9.87. The van der Waals surface area contributed by atoms with E-state index in [-0.39, 0.29) is 7.05 Å². The molecule has 1 saturated heterocycles. The fourth-order valence-electron chi connectivity index (χ4n) is 4.26.